The van der Waals surface area contributed by atoms with Crippen LogP contribution in [0.15, 0.2) is 53.7 Å². The van der Waals surface area contributed by atoms with Crippen molar-refractivity contribution in [2.24, 2.45) is 5.41 Å². The molecule has 1 atom stereocenters. The number of ether oxygens (including phenoxy) is 1. The minimum Gasteiger partial charge on any atom is -0.494 e. The van der Waals surface area contributed by atoms with Crippen LogP contribution < -0.4 is 9.64 Å². The molecule has 2 aromatic rings. The van der Waals surface area contributed by atoms with Gasteiger partial charge >= 0.3 is 0 Å². The normalized spacial score (nSPS) is 20.7. The van der Waals surface area contributed by atoms with Crippen molar-refractivity contribution in [2.45, 2.75) is 52.9 Å². The molecule has 2 aliphatic rings. The van der Waals surface area contributed by atoms with Gasteiger partial charge in [-0.2, -0.15) is 0 Å². The fourth-order valence-electron chi connectivity index (χ4n) is 4.85. The molecule has 0 N–H and O–H groups in total. The van der Waals surface area contributed by atoms with Crippen molar-refractivity contribution in [3.8, 4) is 5.75 Å². The van der Waals surface area contributed by atoms with E-state index in [-0.39, 0.29) is 29.4 Å². The number of carbonyl (C=O) groups excluding carboxylic acids is 2. The van der Waals surface area contributed by atoms with E-state index in [0.717, 1.165) is 33.8 Å². The molecule has 0 spiro atoms. The van der Waals surface area contributed by atoms with Crippen LogP contribution in [0.25, 0.3) is 0 Å². The highest BCUT2D eigenvalue weighted by Crippen LogP contribution is 2.50. The summed E-state index contributed by atoms with van der Waals surface area (Å²) in [6, 6.07) is 13.3. The van der Waals surface area contributed by atoms with Crippen LogP contribution in [0, 0.1) is 12.3 Å². The van der Waals surface area contributed by atoms with Gasteiger partial charge in [-0.15, -0.1) is 0 Å². The average Bonchev–Trinajstić information content (AvgIpc) is 2.70. The van der Waals surface area contributed by atoms with Gasteiger partial charge < -0.3 is 4.74 Å². The summed E-state index contributed by atoms with van der Waals surface area (Å²) in [4.78, 5) is 28.8. The summed E-state index contributed by atoms with van der Waals surface area (Å²) in [6.45, 7) is 8.54. The Balaban J connectivity index is 1.94. The third kappa shape index (κ3) is 3.89. The highest BCUT2D eigenvalue weighted by molar-refractivity contribution is 6.31. The predicted octanol–water partition coefficient (Wildman–Crippen LogP) is 6.21. The Morgan fingerprint density at radius 3 is 2.58 bits per heavy atom. The molecule has 1 aliphatic heterocycles. The second kappa shape index (κ2) is 8.16. The van der Waals surface area contributed by atoms with Crippen LogP contribution in [0.2, 0.25) is 5.02 Å². The predicted molar refractivity (Wildman–Crippen MR) is 124 cm³/mol. The van der Waals surface area contributed by atoms with Gasteiger partial charge in [0.25, 0.3) is 0 Å². The second-order valence-electron chi connectivity index (χ2n) is 9.14. The number of allylic oxidation sites excluding steroid dienone is 2. The Labute approximate surface area is 188 Å². The molecule has 1 aliphatic carbocycles. The van der Waals surface area contributed by atoms with E-state index < -0.39 is 0 Å². The third-order valence-corrected chi connectivity index (χ3v) is 6.63. The molecule has 0 saturated heterocycles. The quantitative estimate of drug-likeness (QED) is 0.571. The number of rotatable bonds is 4. The van der Waals surface area contributed by atoms with Crippen LogP contribution >= 0.6 is 11.6 Å². The van der Waals surface area contributed by atoms with Gasteiger partial charge in [-0.1, -0.05) is 49.7 Å². The summed E-state index contributed by atoms with van der Waals surface area (Å²) < 4.78 is 5.85. The molecule has 0 aromatic heterocycles. The number of hydrogen-bond donors (Lipinski definition) is 0. The van der Waals surface area contributed by atoms with Crippen molar-refractivity contribution in [1.29, 1.82) is 0 Å². The molecule has 31 heavy (non-hydrogen) atoms. The maximum Gasteiger partial charge on any atom is 0.232 e. The molecule has 2 aromatic carbocycles. The maximum atomic E-state index is 13.6. The van der Waals surface area contributed by atoms with Crippen LogP contribution in [0.4, 0.5) is 5.69 Å². The number of carbonyl (C=O) groups is 2. The van der Waals surface area contributed by atoms with E-state index in [1.54, 1.807) is 4.90 Å². The van der Waals surface area contributed by atoms with E-state index >= 15 is 0 Å². The first-order chi connectivity index (χ1) is 14.7. The van der Waals surface area contributed by atoms with Gasteiger partial charge in [-0.25, -0.2) is 0 Å². The van der Waals surface area contributed by atoms with Gasteiger partial charge in [0.2, 0.25) is 5.91 Å². The summed E-state index contributed by atoms with van der Waals surface area (Å²) in [6.07, 6.45) is 1.34. The number of anilines is 1. The van der Waals surface area contributed by atoms with E-state index in [0.29, 0.717) is 24.5 Å². The van der Waals surface area contributed by atoms with E-state index in [4.69, 9.17) is 16.3 Å². The standard InChI is InChI=1S/C26H28ClNO3/c1-5-31-23-12-7-6-9-17(23)18-13-24(30)28(20-11-8-10-19(27)16(20)2)21-14-26(3,4)15-22(29)25(18)21/h6-12,18H,5,13-15H2,1-4H3. The van der Waals surface area contributed by atoms with Crippen LogP contribution in [-0.2, 0) is 9.59 Å². The van der Waals surface area contributed by atoms with Crippen molar-refractivity contribution in [3.63, 3.8) is 0 Å². The molecule has 1 heterocycles. The van der Waals surface area contributed by atoms with E-state index in [1.807, 2.05) is 56.3 Å². The van der Waals surface area contributed by atoms with Crippen LogP contribution in [0.1, 0.15) is 57.1 Å². The first kappa shape index (κ1) is 21.6. The number of Topliss-reactive ketones (excluding diaryl/α,β-unsaturated/α-hetero) is 1. The summed E-state index contributed by atoms with van der Waals surface area (Å²) in [5.41, 5.74) is 3.83. The van der Waals surface area contributed by atoms with Gasteiger partial charge in [0, 0.05) is 40.6 Å². The van der Waals surface area contributed by atoms with E-state index in [2.05, 4.69) is 13.8 Å². The van der Waals surface area contributed by atoms with Gasteiger partial charge in [0.1, 0.15) is 5.75 Å². The molecule has 0 saturated carbocycles. The zero-order chi connectivity index (χ0) is 22.3. The second-order valence-corrected chi connectivity index (χ2v) is 9.55. The van der Waals surface area contributed by atoms with Gasteiger partial charge in [0.15, 0.2) is 5.78 Å². The topological polar surface area (TPSA) is 46.6 Å². The van der Waals surface area contributed by atoms with Crippen LogP contribution in [0.5, 0.6) is 5.75 Å². The summed E-state index contributed by atoms with van der Waals surface area (Å²) in [5, 5.41) is 0.609. The average molecular weight is 438 g/mol. The molecular formula is C26H28ClNO3. The molecule has 0 radical (unpaired) electrons. The monoisotopic (exact) mass is 437 g/mol. The Bertz CT molecular complexity index is 1090. The van der Waals surface area contributed by atoms with Gasteiger partial charge in [0.05, 0.1) is 12.3 Å². The lowest BCUT2D eigenvalue weighted by atomic mass is 9.69. The lowest BCUT2D eigenvalue weighted by Crippen LogP contribution is -2.44. The number of nitrogens with zero attached hydrogens (tertiary/aromatic N) is 1. The SMILES string of the molecule is CCOc1ccccc1C1CC(=O)N(c2cccc(Cl)c2C)C2=C1C(=O)CC(C)(C)C2. The van der Waals surface area contributed by atoms with Crippen molar-refractivity contribution in [2.75, 3.05) is 11.5 Å². The number of para-hydroxylation sites is 1. The minimum atomic E-state index is -0.301. The minimum absolute atomic E-state index is 0.0223. The number of halogens is 1. The number of ketones is 1. The summed E-state index contributed by atoms with van der Waals surface area (Å²) in [5.74, 6) is 0.523. The van der Waals surface area contributed by atoms with Crippen LogP contribution in [0.3, 0.4) is 0 Å². The lowest BCUT2D eigenvalue weighted by Gasteiger charge is -2.43. The Hall–Kier alpha value is -2.59. The van der Waals surface area contributed by atoms with Crippen molar-refractivity contribution >= 4 is 29.0 Å². The molecule has 0 fully saturated rings. The smallest absolute Gasteiger partial charge is 0.232 e. The molecule has 1 amide bonds. The fraction of sp³-hybridized carbons (Fsp3) is 0.385. The number of hydrogen-bond acceptors (Lipinski definition) is 3. The molecule has 162 valence electrons. The first-order valence-electron chi connectivity index (χ1n) is 10.8. The van der Waals surface area contributed by atoms with Gasteiger partial charge in [-0.3, -0.25) is 14.5 Å². The van der Waals surface area contributed by atoms with Crippen molar-refractivity contribution in [1.82, 2.24) is 0 Å². The Morgan fingerprint density at radius 2 is 1.84 bits per heavy atom. The number of amides is 1. The maximum absolute atomic E-state index is 13.6. The molecule has 0 bridgehead atoms. The summed E-state index contributed by atoms with van der Waals surface area (Å²) >= 11 is 6.38. The Morgan fingerprint density at radius 1 is 1.10 bits per heavy atom. The number of benzene rings is 2. The van der Waals surface area contributed by atoms with Crippen molar-refractivity contribution in [3.05, 3.63) is 69.9 Å². The molecule has 4 rings (SSSR count). The molecular weight excluding hydrogens is 410 g/mol. The van der Waals surface area contributed by atoms with Gasteiger partial charge in [-0.05, 0) is 49.4 Å². The molecule has 4 nitrogen and oxygen atoms in total. The van der Waals surface area contributed by atoms with E-state index in [9.17, 15) is 9.59 Å². The first-order valence-corrected chi connectivity index (χ1v) is 11.2. The van der Waals surface area contributed by atoms with Crippen LogP contribution in [-0.4, -0.2) is 18.3 Å². The highest BCUT2D eigenvalue weighted by atomic mass is 35.5. The van der Waals surface area contributed by atoms with E-state index in [1.165, 1.54) is 0 Å². The third-order valence-electron chi connectivity index (χ3n) is 6.22. The molecule has 5 heteroatoms. The molecule has 1 unspecified atom stereocenters. The fourth-order valence-corrected chi connectivity index (χ4v) is 5.02. The lowest BCUT2D eigenvalue weighted by molar-refractivity contribution is -0.121. The highest BCUT2D eigenvalue weighted by Gasteiger charge is 2.45. The largest absolute Gasteiger partial charge is 0.494 e. The Kier molecular flexibility index (Phi) is 5.69. The zero-order valence-electron chi connectivity index (χ0n) is 18.5. The summed E-state index contributed by atoms with van der Waals surface area (Å²) in [7, 11) is 0. The zero-order valence-corrected chi connectivity index (χ0v) is 19.3. The van der Waals surface area contributed by atoms with Crippen molar-refractivity contribution < 1.29 is 14.3 Å².